The molecule has 2 aromatic heterocycles. The fourth-order valence-electron chi connectivity index (χ4n) is 3.14. The molecule has 5 nitrogen and oxygen atoms in total. The highest BCUT2D eigenvalue weighted by Crippen LogP contribution is 2.30. The number of rotatable bonds is 6. The smallest absolute Gasteiger partial charge is 0.240 e. The summed E-state index contributed by atoms with van der Waals surface area (Å²) in [5.74, 6) is 7.77. The van der Waals surface area contributed by atoms with Crippen LogP contribution in [0.15, 0.2) is 6.07 Å². The highest BCUT2D eigenvalue weighted by molar-refractivity contribution is 7.18. The molecule has 0 aliphatic heterocycles. The first kappa shape index (κ1) is 14.5. The summed E-state index contributed by atoms with van der Waals surface area (Å²) in [5.41, 5.74) is 2.55. The Morgan fingerprint density at radius 3 is 2.90 bits per heavy atom. The van der Waals surface area contributed by atoms with E-state index in [4.69, 9.17) is 5.84 Å². The van der Waals surface area contributed by atoms with Gasteiger partial charge in [0.1, 0.15) is 10.6 Å². The summed E-state index contributed by atoms with van der Waals surface area (Å²) in [5, 5.41) is 4.55. The number of nitrogens with one attached hydrogen (secondary N) is 2. The third-order valence-electron chi connectivity index (χ3n) is 4.20. The number of anilines is 2. The average Bonchev–Trinajstić information content (AvgIpc) is 3.11. The van der Waals surface area contributed by atoms with Crippen LogP contribution in [0.3, 0.4) is 0 Å². The Morgan fingerprint density at radius 2 is 2.14 bits per heavy atom. The number of nitrogens with two attached hydrogens (primary N) is 1. The van der Waals surface area contributed by atoms with Crippen molar-refractivity contribution in [1.29, 1.82) is 0 Å². The minimum atomic E-state index is 0.475. The summed E-state index contributed by atoms with van der Waals surface area (Å²) < 4.78 is 0. The minimum absolute atomic E-state index is 0.475. The summed E-state index contributed by atoms with van der Waals surface area (Å²) in [6.45, 7) is 3.05. The van der Waals surface area contributed by atoms with E-state index in [1.165, 1.54) is 43.4 Å². The van der Waals surface area contributed by atoms with Crippen molar-refractivity contribution >= 4 is 33.3 Å². The van der Waals surface area contributed by atoms with Gasteiger partial charge in [0.15, 0.2) is 0 Å². The van der Waals surface area contributed by atoms with E-state index in [2.05, 4.69) is 33.7 Å². The van der Waals surface area contributed by atoms with Crippen LogP contribution >= 0.6 is 11.3 Å². The van der Waals surface area contributed by atoms with Crippen LogP contribution < -0.4 is 16.6 Å². The molecule has 1 fully saturated rings. The lowest BCUT2D eigenvalue weighted by Gasteiger charge is -2.11. The van der Waals surface area contributed by atoms with Gasteiger partial charge in [0.2, 0.25) is 5.95 Å². The molecule has 0 spiro atoms. The number of thiophene rings is 1. The molecule has 0 bridgehead atoms. The molecule has 0 amide bonds. The molecule has 0 radical (unpaired) electrons. The Kier molecular flexibility index (Phi) is 4.55. The lowest BCUT2D eigenvalue weighted by molar-refractivity contribution is 0.491. The van der Waals surface area contributed by atoms with Gasteiger partial charge in [-0.3, -0.25) is 5.43 Å². The first-order valence-corrected chi connectivity index (χ1v) is 8.56. The van der Waals surface area contributed by atoms with Crippen LogP contribution in [0.5, 0.6) is 0 Å². The van der Waals surface area contributed by atoms with Gasteiger partial charge in [-0.15, -0.1) is 11.3 Å². The van der Waals surface area contributed by atoms with Crippen molar-refractivity contribution < 1.29 is 0 Å². The topological polar surface area (TPSA) is 75.9 Å². The molecule has 1 saturated carbocycles. The molecular formula is C15H23N5S. The van der Waals surface area contributed by atoms with Crippen molar-refractivity contribution in [3.63, 3.8) is 0 Å². The second-order valence-electron chi connectivity index (χ2n) is 5.84. The van der Waals surface area contributed by atoms with Gasteiger partial charge in [0, 0.05) is 11.4 Å². The molecular weight excluding hydrogens is 282 g/mol. The SMILES string of the molecule is Cc1cc2c(NCCCC3CCCC3)nc(NN)nc2s1. The van der Waals surface area contributed by atoms with Crippen LogP contribution in [0, 0.1) is 12.8 Å². The Morgan fingerprint density at radius 1 is 1.33 bits per heavy atom. The lowest BCUT2D eigenvalue weighted by atomic mass is 10.0. The fourth-order valence-corrected chi connectivity index (χ4v) is 4.02. The predicted octanol–water partition coefficient (Wildman–Crippen LogP) is 3.67. The van der Waals surface area contributed by atoms with Gasteiger partial charge < -0.3 is 5.32 Å². The van der Waals surface area contributed by atoms with Gasteiger partial charge in [-0.2, -0.15) is 4.98 Å². The maximum Gasteiger partial charge on any atom is 0.240 e. The molecule has 1 aliphatic carbocycles. The normalized spacial score (nSPS) is 15.7. The molecule has 0 unspecified atom stereocenters. The standard InChI is InChI=1S/C15H23N5S/c1-10-9-12-13(18-15(20-16)19-14(12)21-10)17-8-4-7-11-5-2-3-6-11/h9,11H,2-8,16H2,1H3,(H2,17,18,19,20). The minimum Gasteiger partial charge on any atom is -0.369 e. The van der Waals surface area contributed by atoms with Crippen LogP contribution in [0.1, 0.15) is 43.4 Å². The number of aromatic nitrogens is 2. The Balaban J connectivity index is 1.64. The molecule has 2 heterocycles. The summed E-state index contributed by atoms with van der Waals surface area (Å²) in [7, 11) is 0. The largest absolute Gasteiger partial charge is 0.369 e. The zero-order chi connectivity index (χ0) is 14.7. The Hall–Kier alpha value is -1.40. The quantitative estimate of drug-likeness (QED) is 0.431. The van der Waals surface area contributed by atoms with E-state index in [1.54, 1.807) is 11.3 Å². The van der Waals surface area contributed by atoms with Gasteiger partial charge >= 0.3 is 0 Å². The van der Waals surface area contributed by atoms with Gasteiger partial charge in [0.25, 0.3) is 0 Å². The molecule has 1 aliphatic rings. The highest BCUT2D eigenvalue weighted by Gasteiger charge is 2.14. The number of aryl methyl sites for hydroxylation is 1. The van der Waals surface area contributed by atoms with Crippen molar-refractivity contribution in [3.8, 4) is 0 Å². The zero-order valence-electron chi connectivity index (χ0n) is 12.5. The molecule has 6 heteroatoms. The third-order valence-corrected chi connectivity index (χ3v) is 5.15. The summed E-state index contributed by atoms with van der Waals surface area (Å²) in [6.07, 6.45) is 8.21. The highest BCUT2D eigenvalue weighted by atomic mass is 32.1. The molecule has 0 aromatic carbocycles. The van der Waals surface area contributed by atoms with E-state index in [0.29, 0.717) is 5.95 Å². The number of hydrogen-bond donors (Lipinski definition) is 3. The van der Waals surface area contributed by atoms with Crippen LogP contribution in [-0.2, 0) is 0 Å². The molecule has 0 atom stereocenters. The molecule has 114 valence electrons. The van der Waals surface area contributed by atoms with Crippen molar-refractivity contribution in [1.82, 2.24) is 9.97 Å². The summed E-state index contributed by atoms with van der Waals surface area (Å²) in [4.78, 5) is 11.1. The predicted molar refractivity (Wildman–Crippen MR) is 89.6 cm³/mol. The van der Waals surface area contributed by atoms with Crippen LogP contribution in [0.25, 0.3) is 10.2 Å². The average molecular weight is 305 g/mol. The van der Waals surface area contributed by atoms with Gasteiger partial charge in [-0.05, 0) is 31.7 Å². The zero-order valence-corrected chi connectivity index (χ0v) is 13.3. The second kappa shape index (κ2) is 6.58. The van der Waals surface area contributed by atoms with Gasteiger partial charge in [-0.1, -0.05) is 25.7 Å². The molecule has 4 N–H and O–H groups in total. The number of nitrogen functional groups attached to an aromatic ring is 1. The Bertz CT molecular complexity index is 603. The third kappa shape index (κ3) is 3.44. The van der Waals surface area contributed by atoms with Crippen LogP contribution in [0.2, 0.25) is 0 Å². The van der Waals surface area contributed by atoms with Crippen molar-refractivity contribution in [3.05, 3.63) is 10.9 Å². The maximum atomic E-state index is 5.46. The number of hydrazine groups is 1. The number of hydrogen-bond acceptors (Lipinski definition) is 6. The van der Waals surface area contributed by atoms with E-state index < -0.39 is 0 Å². The van der Waals surface area contributed by atoms with E-state index in [1.807, 2.05) is 0 Å². The lowest BCUT2D eigenvalue weighted by Crippen LogP contribution is -2.12. The monoisotopic (exact) mass is 305 g/mol. The molecule has 21 heavy (non-hydrogen) atoms. The maximum absolute atomic E-state index is 5.46. The number of nitrogens with zero attached hydrogens (tertiary/aromatic N) is 2. The molecule has 2 aromatic rings. The summed E-state index contributed by atoms with van der Waals surface area (Å²) in [6, 6.07) is 2.14. The van der Waals surface area contributed by atoms with E-state index in [0.717, 1.165) is 28.5 Å². The molecule has 0 saturated heterocycles. The summed E-state index contributed by atoms with van der Waals surface area (Å²) >= 11 is 1.67. The van der Waals surface area contributed by atoms with Gasteiger partial charge in [-0.25, -0.2) is 10.8 Å². The second-order valence-corrected chi connectivity index (χ2v) is 7.07. The van der Waals surface area contributed by atoms with Gasteiger partial charge in [0.05, 0.1) is 5.39 Å². The van der Waals surface area contributed by atoms with E-state index >= 15 is 0 Å². The Labute approximate surface area is 129 Å². The number of fused-ring (bicyclic) bond motifs is 1. The van der Waals surface area contributed by atoms with E-state index in [9.17, 15) is 0 Å². The van der Waals surface area contributed by atoms with Crippen molar-refractivity contribution in [2.24, 2.45) is 11.8 Å². The fraction of sp³-hybridized carbons (Fsp3) is 0.600. The molecule has 3 rings (SSSR count). The first-order valence-electron chi connectivity index (χ1n) is 7.75. The van der Waals surface area contributed by atoms with Crippen molar-refractivity contribution in [2.45, 2.75) is 45.4 Å². The van der Waals surface area contributed by atoms with Crippen LogP contribution in [0.4, 0.5) is 11.8 Å². The van der Waals surface area contributed by atoms with E-state index in [-0.39, 0.29) is 0 Å². The first-order chi connectivity index (χ1) is 10.3. The van der Waals surface area contributed by atoms with Crippen LogP contribution in [-0.4, -0.2) is 16.5 Å². The van der Waals surface area contributed by atoms with Crippen molar-refractivity contribution in [2.75, 3.05) is 17.3 Å².